The number of carbonyl (C=O) groups excluding carboxylic acids is 1. The molecule has 142 valence electrons. The number of nitrogens with one attached hydrogen (secondary N) is 1. The maximum atomic E-state index is 14.1. The Morgan fingerprint density at radius 3 is 2.73 bits per heavy atom. The summed E-state index contributed by atoms with van der Waals surface area (Å²) in [5.41, 5.74) is -0.887. The molecule has 5 nitrogen and oxygen atoms in total. The summed E-state index contributed by atoms with van der Waals surface area (Å²) in [5, 5.41) is 3.43. The van der Waals surface area contributed by atoms with E-state index in [-0.39, 0.29) is 17.0 Å². The number of pyridine rings is 1. The molecule has 0 saturated carbocycles. The molecule has 0 radical (unpaired) electrons. The minimum atomic E-state index is -0.540. The summed E-state index contributed by atoms with van der Waals surface area (Å²) in [6.07, 6.45) is 2.55. The highest BCUT2D eigenvalue weighted by Crippen LogP contribution is 2.20. The lowest BCUT2D eigenvalue weighted by molar-refractivity contribution is 0.0505. The summed E-state index contributed by atoms with van der Waals surface area (Å²) < 4.78 is 21.4. The fraction of sp³-hybridized carbons (Fsp3) is 0.474. The number of aryl methyl sites for hydroxylation is 1. The molecule has 0 saturated heterocycles. The summed E-state index contributed by atoms with van der Waals surface area (Å²) >= 11 is 3.23. The molecule has 0 bridgehead atoms. The predicted octanol–water partition coefficient (Wildman–Crippen LogP) is 4.60. The summed E-state index contributed by atoms with van der Waals surface area (Å²) in [4.78, 5) is 24.2. The van der Waals surface area contributed by atoms with Gasteiger partial charge in [-0.3, -0.25) is 4.79 Å². The van der Waals surface area contributed by atoms with Gasteiger partial charge in [-0.2, -0.15) is 0 Å². The molecule has 0 unspecified atom stereocenters. The highest BCUT2D eigenvalue weighted by atomic mass is 79.9. The third-order valence-corrected chi connectivity index (χ3v) is 4.25. The first-order valence-electron chi connectivity index (χ1n) is 8.54. The second-order valence-corrected chi connectivity index (χ2v) is 8.27. The van der Waals surface area contributed by atoms with Gasteiger partial charge in [0.15, 0.2) is 0 Å². The van der Waals surface area contributed by atoms with Crippen molar-refractivity contribution in [3.05, 3.63) is 45.0 Å². The van der Waals surface area contributed by atoms with Gasteiger partial charge in [-0.25, -0.2) is 9.18 Å². The monoisotopic (exact) mass is 426 g/mol. The smallest absolute Gasteiger partial charge is 0.407 e. The lowest BCUT2D eigenvalue weighted by atomic mass is 10.1. The van der Waals surface area contributed by atoms with E-state index in [4.69, 9.17) is 4.74 Å². The predicted molar refractivity (Wildman–Crippen MR) is 104 cm³/mol. The highest BCUT2D eigenvalue weighted by molar-refractivity contribution is 9.10. The number of halogens is 2. The molecular weight excluding hydrogens is 403 g/mol. The molecule has 0 spiro atoms. The molecule has 0 aliphatic rings. The van der Waals surface area contributed by atoms with Crippen LogP contribution in [0.15, 0.2) is 33.7 Å². The molecule has 0 aliphatic carbocycles. The van der Waals surface area contributed by atoms with Crippen LogP contribution in [0.2, 0.25) is 0 Å². The zero-order chi connectivity index (χ0) is 19.5. The van der Waals surface area contributed by atoms with Crippen LogP contribution >= 0.6 is 15.9 Å². The highest BCUT2D eigenvalue weighted by Gasteiger charge is 2.17. The first-order valence-corrected chi connectivity index (χ1v) is 9.34. The molecule has 1 aromatic heterocycles. The number of amides is 1. The molecule has 1 N–H and O–H groups in total. The van der Waals surface area contributed by atoms with Crippen molar-refractivity contribution in [2.75, 3.05) is 0 Å². The largest absolute Gasteiger partial charge is 0.444 e. The Labute approximate surface area is 160 Å². The van der Waals surface area contributed by atoms with Crippen LogP contribution in [-0.2, 0) is 11.3 Å². The van der Waals surface area contributed by atoms with Gasteiger partial charge in [0.05, 0.1) is 5.39 Å². The van der Waals surface area contributed by atoms with Gasteiger partial charge in [-0.15, -0.1) is 0 Å². The fourth-order valence-electron chi connectivity index (χ4n) is 2.66. The van der Waals surface area contributed by atoms with Gasteiger partial charge in [0.2, 0.25) is 0 Å². The number of carbonyl (C=O) groups is 1. The minimum Gasteiger partial charge on any atom is -0.444 e. The normalized spacial score (nSPS) is 12.8. The Hall–Kier alpha value is -1.89. The first-order chi connectivity index (χ1) is 12.1. The summed E-state index contributed by atoms with van der Waals surface area (Å²) in [5.74, 6) is -0.534. The number of rotatable bonds is 5. The molecule has 1 aromatic carbocycles. The van der Waals surface area contributed by atoms with Crippen molar-refractivity contribution in [1.29, 1.82) is 0 Å². The Bertz CT molecular complexity index is 858. The lowest BCUT2D eigenvalue weighted by Gasteiger charge is -2.22. The zero-order valence-electron chi connectivity index (χ0n) is 15.4. The van der Waals surface area contributed by atoms with Gasteiger partial charge in [0.1, 0.15) is 11.4 Å². The van der Waals surface area contributed by atoms with E-state index >= 15 is 0 Å². The third-order valence-electron chi connectivity index (χ3n) is 3.79. The summed E-state index contributed by atoms with van der Waals surface area (Å²) in [6, 6.07) is 4.65. The van der Waals surface area contributed by atoms with Gasteiger partial charge in [0.25, 0.3) is 5.56 Å². The number of hydrogen-bond donors (Lipinski definition) is 1. The van der Waals surface area contributed by atoms with E-state index in [9.17, 15) is 14.0 Å². The van der Waals surface area contributed by atoms with Crippen LogP contribution in [0.5, 0.6) is 0 Å². The standard InChI is InChI=1S/C19H24BrFN2O3/c1-12(22-18(25)26-19(2,3)4)6-5-8-23-9-7-13-10-14(20)11-15(21)16(13)17(23)24/h7,9-12H,5-6,8H2,1-4H3,(H,22,25)/t12-/m0/s1. The van der Waals surface area contributed by atoms with Gasteiger partial charge in [0, 0.05) is 23.3 Å². The lowest BCUT2D eigenvalue weighted by Crippen LogP contribution is -2.37. The van der Waals surface area contributed by atoms with E-state index in [1.54, 1.807) is 39.1 Å². The quantitative estimate of drug-likeness (QED) is 0.759. The average molecular weight is 427 g/mol. The average Bonchev–Trinajstić information content (AvgIpc) is 2.46. The zero-order valence-corrected chi connectivity index (χ0v) is 17.0. The van der Waals surface area contributed by atoms with Crippen molar-refractivity contribution in [2.24, 2.45) is 0 Å². The van der Waals surface area contributed by atoms with Crippen LogP contribution in [0.25, 0.3) is 10.8 Å². The van der Waals surface area contributed by atoms with Crippen LogP contribution in [0, 0.1) is 5.82 Å². The maximum Gasteiger partial charge on any atom is 0.407 e. The number of nitrogens with zero attached hydrogens (tertiary/aromatic N) is 1. The van der Waals surface area contributed by atoms with E-state index < -0.39 is 17.5 Å². The number of ether oxygens (including phenoxy) is 1. The summed E-state index contributed by atoms with van der Waals surface area (Å²) in [7, 11) is 0. The van der Waals surface area contributed by atoms with Gasteiger partial charge < -0.3 is 14.6 Å². The van der Waals surface area contributed by atoms with E-state index in [2.05, 4.69) is 21.2 Å². The van der Waals surface area contributed by atoms with Crippen molar-refractivity contribution >= 4 is 32.8 Å². The molecule has 2 aromatic rings. The SMILES string of the molecule is C[C@@H](CCCn1ccc2cc(Br)cc(F)c2c1=O)NC(=O)OC(C)(C)C. The number of alkyl carbamates (subject to hydrolysis) is 1. The Morgan fingerprint density at radius 2 is 2.08 bits per heavy atom. The van der Waals surface area contributed by atoms with Crippen LogP contribution in [0.4, 0.5) is 9.18 Å². The minimum absolute atomic E-state index is 0.0892. The number of aromatic nitrogens is 1. The molecular formula is C19H24BrFN2O3. The number of benzene rings is 1. The topological polar surface area (TPSA) is 60.3 Å². The van der Waals surface area contributed by atoms with Crippen LogP contribution in [0.3, 0.4) is 0 Å². The van der Waals surface area contributed by atoms with E-state index in [0.717, 1.165) is 0 Å². The van der Waals surface area contributed by atoms with Crippen LogP contribution < -0.4 is 10.9 Å². The Balaban J connectivity index is 1.97. The van der Waals surface area contributed by atoms with Crippen molar-refractivity contribution in [2.45, 2.75) is 58.7 Å². The molecule has 7 heteroatoms. The van der Waals surface area contributed by atoms with E-state index in [1.807, 2.05) is 6.92 Å². The fourth-order valence-corrected chi connectivity index (χ4v) is 3.10. The Morgan fingerprint density at radius 1 is 1.38 bits per heavy atom. The van der Waals surface area contributed by atoms with Gasteiger partial charge in [-0.1, -0.05) is 15.9 Å². The van der Waals surface area contributed by atoms with Crippen molar-refractivity contribution in [3.8, 4) is 0 Å². The molecule has 2 rings (SSSR count). The molecule has 26 heavy (non-hydrogen) atoms. The second kappa shape index (κ2) is 8.20. The van der Waals surface area contributed by atoms with Gasteiger partial charge in [-0.05, 0) is 64.1 Å². The van der Waals surface area contributed by atoms with Crippen LogP contribution in [-0.4, -0.2) is 22.3 Å². The summed E-state index contributed by atoms with van der Waals surface area (Å²) in [6.45, 7) is 7.75. The molecule has 1 amide bonds. The number of hydrogen-bond acceptors (Lipinski definition) is 3. The molecule has 1 heterocycles. The van der Waals surface area contributed by atoms with Crippen molar-refractivity contribution in [1.82, 2.24) is 9.88 Å². The third kappa shape index (κ3) is 5.56. The molecule has 0 fully saturated rings. The Kier molecular flexibility index (Phi) is 6.44. The second-order valence-electron chi connectivity index (χ2n) is 7.36. The molecule has 0 aliphatic heterocycles. The van der Waals surface area contributed by atoms with E-state index in [1.165, 1.54) is 10.6 Å². The van der Waals surface area contributed by atoms with Gasteiger partial charge >= 0.3 is 6.09 Å². The number of fused-ring (bicyclic) bond motifs is 1. The van der Waals surface area contributed by atoms with E-state index in [0.29, 0.717) is 29.2 Å². The maximum absolute atomic E-state index is 14.1. The molecule has 1 atom stereocenters. The van der Waals surface area contributed by atoms with Crippen molar-refractivity contribution in [3.63, 3.8) is 0 Å². The first kappa shape index (κ1) is 20.4. The van der Waals surface area contributed by atoms with Crippen molar-refractivity contribution < 1.29 is 13.9 Å². The van der Waals surface area contributed by atoms with Crippen LogP contribution in [0.1, 0.15) is 40.5 Å².